The van der Waals surface area contributed by atoms with Crippen LogP contribution in [-0.4, -0.2) is 22.7 Å². The summed E-state index contributed by atoms with van der Waals surface area (Å²) in [5, 5.41) is 0. The van der Waals surface area contributed by atoms with Gasteiger partial charge in [0.05, 0.1) is 6.61 Å². The molecule has 0 amide bonds. The average molecular weight is 245 g/mol. The molecule has 0 bridgehead atoms. The molecule has 2 N–H and O–H groups in total. The summed E-state index contributed by atoms with van der Waals surface area (Å²) in [4.78, 5) is 4.31. The summed E-state index contributed by atoms with van der Waals surface area (Å²) in [5.41, 5.74) is 6.80. The number of imidazole rings is 1. The van der Waals surface area contributed by atoms with Crippen molar-refractivity contribution in [3.05, 3.63) is 48.0 Å². The number of aromatic nitrogens is 2. The summed E-state index contributed by atoms with van der Waals surface area (Å²) in [5.74, 6) is 1.94. The van der Waals surface area contributed by atoms with E-state index >= 15 is 0 Å². The Kier molecular flexibility index (Phi) is 4.36. The van der Waals surface area contributed by atoms with Crippen molar-refractivity contribution < 1.29 is 4.74 Å². The van der Waals surface area contributed by atoms with Gasteiger partial charge in [0.2, 0.25) is 0 Å². The fraction of sp³-hybridized carbons (Fsp3) is 0.357. The fourth-order valence-corrected chi connectivity index (χ4v) is 1.90. The van der Waals surface area contributed by atoms with Crippen LogP contribution in [0.15, 0.2) is 36.7 Å². The van der Waals surface area contributed by atoms with Crippen LogP contribution in [0.5, 0.6) is 5.75 Å². The van der Waals surface area contributed by atoms with E-state index in [4.69, 9.17) is 10.5 Å². The smallest absolute Gasteiger partial charge is 0.119 e. The fourth-order valence-electron chi connectivity index (χ4n) is 1.90. The topological polar surface area (TPSA) is 53.1 Å². The van der Waals surface area contributed by atoms with Gasteiger partial charge in [-0.05, 0) is 31.2 Å². The van der Waals surface area contributed by atoms with E-state index in [9.17, 15) is 0 Å². The number of nitrogens with two attached hydrogens (primary N) is 1. The van der Waals surface area contributed by atoms with Crippen LogP contribution < -0.4 is 10.5 Å². The molecule has 1 heterocycles. The molecule has 2 rings (SSSR count). The Morgan fingerprint density at radius 1 is 1.28 bits per heavy atom. The number of hydrogen-bond acceptors (Lipinski definition) is 3. The van der Waals surface area contributed by atoms with Crippen molar-refractivity contribution in [2.24, 2.45) is 5.73 Å². The second-order valence-corrected chi connectivity index (χ2v) is 4.09. The quantitative estimate of drug-likeness (QED) is 0.844. The first-order valence-corrected chi connectivity index (χ1v) is 6.25. The van der Waals surface area contributed by atoms with Gasteiger partial charge in [-0.3, -0.25) is 0 Å². The number of benzene rings is 1. The highest BCUT2D eigenvalue weighted by molar-refractivity contribution is 5.27. The van der Waals surface area contributed by atoms with E-state index in [-0.39, 0.29) is 0 Å². The lowest BCUT2D eigenvalue weighted by Gasteiger charge is -2.08. The molecule has 4 heteroatoms. The van der Waals surface area contributed by atoms with E-state index in [1.165, 1.54) is 5.56 Å². The Hall–Kier alpha value is -1.81. The Morgan fingerprint density at radius 2 is 2.06 bits per heavy atom. The molecular formula is C14H19N3O. The minimum absolute atomic E-state index is 0.625. The number of rotatable bonds is 6. The summed E-state index contributed by atoms with van der Waals surface area (Å²) in [7, 11) is 0. The maximum absolute atomic E-state index is 5.57. The van der Waals surface area contributed by atoms with E-state index in [2.05, 4.69) is 21.7 Å². The molecule has 1 aromatic carbocycles. The van der Waals surface area contributed by atoms with Gasteiger partial charge in [-0.1, -0.05) is 12.1 Å². The minimum Gasteiger partial charge on any atom is -0.494 e. The standard InChI is InChI=1S/C14H19N3O/c1-2-18-13-5-3-12(4-6-13)11-17-10-9-16-14(17)7-8-15/h3-6,9-10H,2,7-8,11,15H2,1H3. The van der Waals surface area contributed by atoms with Crippen LogP contribution >= 0.6 is 0 Å². The molecule has 96 valence electrons. The van der Waals surface area contributed by atoms with Gasteiger partial charge in [-0.15, -0.1) is 0 Å². The molecule has 0 fully saturated rings. The van der Waals surface area contributed by atoms with Crippen molar-refractivity contribution in [1.82, 2.24) is 9.55 Å². The summed E-state index contributed by atoms with van der Waals surface area (Å²) >= 11 is 0. The summed E-state index contributed by atoms with van der Waals surface area (Å²) < 4.78 is 7.55. The van der Waals surface area contributed by atoms with Crippen LogP contribution in [0.3, 0.4) is 0 Å². The van der Waals surface area contributed by atoms with Gasteiger partial charge in [-0.25, -0.2) is 4.98 Å². The van der Waals surface area contributed by atoms with Crippen molar-refractivity contribution in [2.75, 3.05) is 13.2 Å². The van der Waals surface area contributed by atoms with Gasteiger partial charge in [0.1, 0.15) is 11.6 Å². The third-order valence-electron chi connectivity index (χ3n) is 2.76. The minimum atomic E-state index is 0.625. The second-order valence-electron chi connectivity index (χ2n) is 4.09. The lowest BCUT2D eigenvalue weighted by molar-refractivity contribution is 0.340. The molecular weight excluding hydrogens is 226 g/mol. The molecule has 0 aliphatic carbocycles. The Morgan fingerprint density at radius 3 is 2.72 bits per heavy atom. The van der Waals surface area contributed by atoms with E-state index in [0.29, 0.717) is 13.2 Å². The molecule has 0 radical (unpaired) electrons. The first-order valence-electron chi connectivity index (χ1n) is 6.25. The third-order valence-corrected chi connectivity index (χ3v) is 2.76. The summed E-state index contributed by atoms with van der Waals surface area (Å²) in [6, 6.07) is 8.16. The zero-order valence-electron chi connectivity index (χ0n) is 10.7. The largest absolute Gasteiger partial charge is 0.494 e. The van der Waals surface area contributed by atoms with Crippen LogP contribution in [0.25, 0.3) is 0 Å². The Labute approximate surface area is 107 Å². The van der Waals surface area contributed by atoms with Crippen molar-refractivity contribution >= 4 is 0 Å². The number of nitrogens with zero attached hydrogens (tertiary/aromatic N) is 2. The van der Waals surface area contributed by atoms with E-state index in [1.54, 1.807) is 0 Å². The molecule has 0 aliphatic heterocycles. The predicted octanol–water partition coefficient (Wildman–Crippen LogP) is 1.83. The van der Waals surface area contributed by atoms with Crippen molar-refractivity contribution in [3.8, 4) is 5.75 Å². The second kappa shape index (κ2) is 6.21. The third kappa shape index (κ3) is 3.11. The van der Waals surface area contributed by atoms with Crippen LogP contribution in [0.4, 0.5) is 0 Å². The molecule has 18 heavy (non-hydrogen) atoms. The van der Waals surface area contributed by atoms with Crippen LogP contribution in [0.1, 0.15) is 18.3 Å². The van der Waals surface area contributed by atoms with Gasteiger partial charge in [0.25, 0.3) is 0 Å². The average Bonchev–Trinajstić information content (AvgIpc) is 2.80. The number of ether oxygens (including phenoxy) is 1. The van der Waals surface area contributed by atoms with Gasteiger partial charge in [0, 0.05) is 25.4 Å². The molecule has 0 saturated carbocycles. The first kappa shape index (κ1) is 12.6. The molecule has 0 aliphatic rings. The van der Waals surface area contributed by atoms with E-state index in [1.807, 2.05) is 31.5 Å². The molecule has 0 saturated heterocycles. The molecule has 0 atom stereocenters. The Bertz CT molecular complexity index is 476. The highest BCUT2D eigenvalue weighted by atomic mass is 16.5. The lowest BCUT2D eigenvalue weighted by Crippen LogP contribution is -2.10. The monoisotopic (exact) mass is 245 g/mol. The van der Waals surface area contributed by atoms with Gasteiger partial charge >= 0.3 is 0 Å². The zero-order chi connectivity index (χ0) is 12.8. The predicted molar refractivity (Wildman–Crippen MR) is 71.7 cm³/mol. The number of hydrogen-bond donors (Lipinski definition) is 1. The van der Waals surface area contributed by atoms with Gasteiger partial charge in [0.15, 0.2) is 0 Å². The summed E-state index contributed by atoms with van der Waals surface area (Å²) in [6.45, 7) is 4.13. The van der Waals surface area contributed by atoms with E-state index < -0.39 is 0 Å². The Balaban J connectivity index is 2.06. The normalized spacial score (nSPS) is 10.6. The zero-order valence-corrected chi connectivity index (χ0v) is 10.7. The van der Waals surface area contributed by atoms with Crippen LogP contribution in [-0.2, 0) is 13.0 Å². The molecule has 4 nitrogen and oxygen atoms in total. The SMILES string of the molecule is CCOc1ccc(Cn2ccnc2CCN)cc1. The maximum Gasteiger partial charge on any atom is 0.119 e. The molecule has 0 spiro atoms. The lowest BCUT2D eigenvalue weighted by atomic mass is 10.2. The van der Waals surface area contributed by atoms with Crippen molar-refractivity contribution in [1.29, 1.82) is 0 Å². The maximum atomic E-state index is 5.57. The van der Waals surface area contributed by atoms with Crippen molar-refractivity contribution in [3.63, 3.8) is 0 Å². The summed E-state index contributed by atoms with van der Waals surface area (Å²) in [6.07, 6.45) is 4.62. The van der Waals surface area contributed by atoms with Gasteiger partial charge < -0.3 is 15.0 Å². The molecule has 0 unspecified atom stereocenters. The highest BCUT2D eigenvalue weighted by Gasteiger charge is 2.02. The molecule has 2 aromatic rings. The first-order chi connectivity index (χ1) is 8.83. The van der Waals surface area contributed by atoms with Crippen molar-refractivity contribution in [2.45, 2.75) is 19.9 Å². The molecule has 1 aromatic heterocycles. The van der Waals surface area contributed by atoms with Crippen LogP contribution in [0.2, 0.25) is 0 Å². The van der Waals surface area contributed by atoms with Crippen LogP contribution in [0, 0.1) is 0 Å². The van der Waals surface area contributed by atoms with Gasteiger partial charge in [-0.2, -0.15) is 0 Å². The van der Waals surface area contributed by atoms with E-state index in [0.717, 1.165) is 24.5 Å². The highest BCUT2D eigenvalue weighted by Crippen LogP contribution is 2.13.